The maximum atomic E-state index is 13.3. The highest BCUT2D eigenvalue weighted by atomic mass is 35.5. The summed E-state index contributed by atoms with van der Waals surface area (Å²) in [5.41, 5.74) is 2.33. The third kappa shape index (κ3) is 4.09. The highest BCUT2D eigenvalue weighted by Gasteiger charge is 2.19. The molecule has 0 radical (unpaired) electrons. The summed E-state index contributed by atoms with van der Waals surface area (Å²) in [6.45, 7) is 1.47. The molecule has 0 aliphatic heterocycles. The van der Waals surface area contributed by atoms with Gasteiger partial charge in [-0.2, -0.15) is 0 Å². The minimum absolute atomic E-state index is 0.167. The quantitative estimate of drug-likeness (QED) is 0.387. The van der Waals surface area contributed by atoms with Crippen LogP contribution in [0.1, 0.15) is 5.69 Å². The molecular weight excluding hydrogens is 486 g/mol. The van der Waals surface area contributed by atoms with Gasteiger partial charge >= 0.3 is 0 Å². The molecule has 2 aromatic carbocycles. The van der Waals surface area contributed by atoms with Crippen LogP contribution in [-0.4, -0.2) is 24.8 Å². The third-order valence-corrected chi connectivity index (χ3v) is 6.99. The van der Waals surface area contributed by atoms with Crippen molar-refractivity contribution in [3.05, 3.63) is 97.7 Å². The van der Waals surface area contributed by atoms with Crippen molar-refractivity contribution in [3.8, 4) is 16.8 Å². The number of hydrogen-bond donors (Lipinski definition) is 1. The van der Waals surface area contributed by atoms with Crippen molar-refractivity contribution in [2.45, 2.75) is 13.5 Å². The number of benzene rings is 2. The lowest BCUT2D eigenvalue weighted by molar-refractivity contribution is -0.116. The average molecular weight is 506 g/mol. The molecule has 5 rings (SSSR count). The summed E-state index contributed by atoms with van der Waals surface area (Å²) in [5, 5.41) is 5.59. The smallest absolute Gasteiger partial charge is 0.295 e. The Hall–Kier alpha value is -3.95. The van der Waals surface area contributed by atoms with Gasteiger partial charge in [0.15, 0.2) is 0 Å². The molecule has 176 valence electrons. The van der Waals surface area contributed by atoms with Gasteiger partial charge in [0.2, 0.25) is 5.91 Å². The van der Waals surface area contributed by atoms with E-state index in [9.17, 15) is 14.4 Å². The van der Waals surface area contributed by atoms with E-state index < -0.39 is 5.91 Å². The number of carbonyl (C=O) groups excluding carboxylic acids is 1. The zero-order chi connectivity index (χ0) is 24.7. The second-order valence-corrected chi connectivity index (χ2v) is 9.29. The first-order valence-corrected chi connectivity index (χ1v) is 12.0. The van der Waals surface area contributed by atoms with E-state index in [2.05, 4.69) is 10.3 Å². The molecule has 0 fully saturated rings. The molecule has 1 N–H and O–H groups in total. The van der Waals surface area contributed by atoms with E-state index in [0.29, 0.717) is 26.6 Å². The zero-order valence-corrected chi connectivity index (χ0v) is 20.4. The number of anilines is 1. The van der Waals surface area contributed by atoms with E-state index in [4.69, 9.17) is 11.6 Å². The fraction of sp³-hybridized carbons (Fsp3) is 0.120. The predicted molar refractivity (Wildman–Crippen MR) is 139 cm³/mol. The number of aromatic nitrogens is 4. The van der Waals surface area contributed by atoms with Crippen LogP contribution in [0.15, 0.2) is 75.9 Å². The number of para-hydroxylation sites is 1. The van der Waals surface area contributed by atoms with Crippen LogP contribution in [-0.2, 0) is 18.4 Å². The molecule has 0 saturated carbocycles. The molecule has 0 spiro atoms. The summed E-state index contributed by atoms with van der Waals surface area (Å²) in [4.78, 5) is 44.2. The van der Waals surface area contributed by atoms with Crippen LogP contribution in [0.3, 0.4) is 0 Å². The van der Waals surface area contributed by atoms with Gasteiger partial charge < -0.3 is 5.32 Å². The molecule has 0 aliphatic carbocycles. The molecule has 3 heterocycles. The number of carbonyl (C=O) groups is 1. The number of fused-ring (bicyclic) bond motifs is 1. The molecule has 3 aromatic heterocycles. The van der Waals surface area contributed by atoms with Gasteiger partial charge in [-0.15, -0.1) is 11.3 Å². The molecule has 0 aliphatic rings. The molecule has 0 unspecified atom stereocenters. The third-order valence-electron chi connectivity index (χ3n) is 5.85. The predicted octanol–water partition coefficient (Wildman–Crippen LogP) is 4.21. The van der Waals surface area contributed by atoms with Gasteiger partial charge in [-0.1, -0.05) is 41.9 Å². The number of thiophene rings is 1. The van der Waals surface area contributed by atoms with E-state index in [1.807, 2.05) is 47.8 Å². The Kier molecular flexibility index (Phi) is 5.88. The van der Waals surface area contributed by atoms with E-state index in [0.717, 1.165) is 11.1 Å². The van der Waals surface area contributed by atoms with Crippen LogP contribution < -0.4 is 16.4 Å². The lowest BCUT2D eigenvalue weighted by atomic mass is 10.1. The number of nitrogens with zero attached hydrogens (tertiary/aromatic N) is 4. The van der Waals surface area contributed by atoms with Gasteiger partial charge in [0.1, 0.15) is 17.1 Å². The maximum absolute atomic E-state index is 13.3. The van der Waals surface area contributed by atoms with Crippen molar-refractivity contribution in [3.63, 3.8) is 0 Å². The fourth-order valence-electron chi connectivity index (χ4n) is 3.97. The summed E-state index contributed by atoms with van der Waals surface area (Å²) in [6, 6.07) is 16.3. The summed E-state index contributed by atoms with van der Waals surface area (Å²) in [6.07, 6.45) is 1.35. The van der Waals surface area contributed by atoms with Gasteiger partial charge in [0, 0.05) is 23.0 Å². The molecule has 35 heavy (non-hydrogen) atoms. The van der Waals surface area contributed by atoms with Crippen LogP contribution in [0.2, 0.25) is 5.02 Å². The van der Waals surface area contributed by atoms with Gasteiger partial charge in [-0.05, 0) is 36.8 Å². The van der Waals surface area contributed by atoms with Crippen LogP contribution >= 0.6 is 22.9 Å². The topological polar surface area (TPSA) is 90.9 Å². The minimum Gasteiger partial charge on any atom is -0.318 e. The lowest BCUT2D eigenvalue weighted by Crippen LogP contribution is -2.29. The van der Waals surface area contributed by atoms with Crippen molar-refractivity contribution < 1.29 is 4.79 Å². The second-order valence-electron chi connectivity index (χ2n) is 8.00. The van der Waals surface area contributed by atoms with Crippen molar-refractivity contribution in [2.24, 2.45) is 7.05 Å². The standard InChI is InChI=1S/C25H20ClN5O3S/c1-15-22(25(34)31(29(15)2)18-6-4-3-5-7-18)28-20(32)12-30-14-27-23-21(24(30)33)19(13-35-23)16-8-10-17(26)11-9-16/h3-11,13-14H,12H2,1-2H3,(H,28,32). The van der Waals surface area contributed by atoms with E-state index in [1.165, 1.54) is 26.9 Å². The maximum Gasteiger partial charge on any atom is 0.295 e. The van der Waals surface area contributed by atoms with Crippen LogP contribution in [0.4, 0.5) is 5.69 Å². The van der Waals surface area contributed by atoms with Crippen molar-refractivity contribution in [1.82, 2.24) is 18.9 Å². The SMILES string of the molecule is Cc1c(NC(=O)Cn2cnc3scc(-c4ccc(Cl)cc4)c3c2=O)c(=O)n(-c2ccccc2)n1C. The minimum atomic E-state index is -0.498. The number of nitrogens with one attached hydrogen (secondary N) is 1. The average Bonchev–Trinajstić information content (AvgIpc) is 3.37. The first-order valence-electron chi connectivity index (χ1n) is 10.7. The Morgan fingerprint density at radius 3 is 2.49 bits per heavy atom. The Bertz CT molecular complexity index is 1680. The molecule has 0 saturated heterocycles. The molecular formula is C25H20ClN5O3S. The molecule has 5 aromatic rings. The number of halogens is 1. The summed E-state index contributed by atoms with van der Waals surface area (Å²) >= 11 is 7.35. The first kappa shape index (κ1) is 22.8. The highest BCUT2D eigenvalue weighted by Crippen LogP contribution is 2.31. The van der Waals surface area contributed by atoms with E-state index in [-0.39, 0.29) is 23.4 Å². The Balaban J connectivity index is 1.46. The Morgan fingerprint density at radius 2 is 1.77 bits per heavy atom. The largest absolute Gasteiger partial charge is 0.318 e. The van der Waals surface area contributed by atoms with E-state index in [1.54, 1.807) is 30.8 Å². The number of amides is 1. The fourth-order valence-corrected chi connectivity index (χ4v) is 5.00. The van der Waals surface area contributed by atoms with E-state index >= 15 is 0 Å². The molecule has 0 bridgehead atoms. The monoisotopic (exact) mass is 505 g/mol. The molecule has 8 nitrogen and oxygen atoms in total. The highest BCUT2D eigenvalue weighted by molar-refractivity contribution is 7.17. The Labute approximate surface area is 208 Å². The van der Waals surface area contributed by atoms with Crippen molar-refractivity contribution in [2.75, 3.05) is 5.32 Å². The summed E-state index contributed by atoms with van der Waals surface area (Å²) in [7, 11) is 1.75. The number of hydrogen-bond acceptors (Lipinski definition) is 5. The second kappa shape index (κ2) is 9.01. The zero-order valence-electron chi connectivity index (χ0n) is 18.9. The van der Waals surface area contributed by atoms with Gasteiger partial charge in [-0.3, -0.25) is 23.6 Å². The first-order chi connectivity index (χ1) is 16.8. The lowest BCUT2D eigenvalue weighted by Gasteiger charge is -2.07. The summed E-state index contributed by atoms with van der Waals surface area (Å²) < 4.78 is 4.41. The number of rotatable bonds is 5. The van der Waals surface area contributed by atoms with Crippen molar-refractivity contribution in [1.29, 1.82) is 0 Å². The van der Waals surface area contributed by atoms with Crippen molar-refractivity contribution >= 4 is 44.7 Å². The Morgan fingerprint density at radius 1 is 1.06 bits per heavy atom. The van der Waals surface area contributed by atoms with Gasteiger partial charge in [0.25, 0.3) is 11.1 Å². The normalized spacial score (nSPS) is 11.2. The van der Waals surface area contributed by atoms with Gasteiger partial charge in [-0.25, -0.2) is 9.67 Å². The van der Waals surface area contributed by atoms with Gasteiger partial charge in [0.05, 0.1) is 23.1 Å². The van der Waals surface area contributed by atoms with Crippen LogP contribution in [0.5, 0.6) is 0 Å². The molecule has 0 atom stereocenters. The van der Waals surface area contributed by atoms with Crippen LogP contribution in [0.25, 0.3) is 27.0 Å². The molecule has 10 heteroatoms. The summed E-state index contributed by atoms with van der Waals surface area (Å²) in [5.74, 6) is -0.498. The van der Waals surface area contributed by atoms with Crippen LogP contribution in [0, 0.1) is 6.92 Å². The molecule has 1 amide bonds.